The number of nitrogens with two attached hydrogens (primary N) is 1. The zero-order chi connectivity index (χ0) is 11.4. The van der Waals surface area contributed by atoms with E-state index in [0.717, 1.165) is 12.1 Å². The van der Waals surface area contributed by atoms with Gasteiger partial charge in [-0.05, 0) is 0 Å². The van der Waals surface area contributed by atoms with Crippen LogP contribution < -0.4 is 10.5 Å². The van der Waals surface area contributed by atoms with Crippen LogP contribution in [0.15, 0.2) is 12.1 Å². The van der Waals surface area contributed by atoms with Gasteiger partial charge < -0.3 is 15.6 Å². The fourth-order valence-electron chi connectivity index (χ4n) is 1.21. The third-order valence-corrected chi connectivity index (χ3v) is 2.06. The molecule has 0 fully saturated rings. The van der Waals surface area contributed by atoms with Crippen molar-refractivity contribution in [2.24, 2.45) is 5.73 Å². The van der Waals surface area contributed by atoms with Gasteiger partial charge in [0, 0.05) is 30.7 Å². The van der Waals surface area contributed by atoms with Crippen LogP contribution in [0.4, 0.5) is 8.78 Å². The summed E-state index contributed by atoms with van der Waals surface area (Å²) in [6.45, 7) is -0.0368. The average molecular weight is 217 g/mol. The molecule has 0 heterocycles. The Bertz CT molecular complexity index is 321. The average Bonchev–Trinajstić information content (AvgIpc) is 2.22. The molecule has 0 aliphatic carbocycles. The van der Waals surface area contributed by atoms with Crippen LogP contribution in [0.1, 0.15) is 5.56 Å². The van der Waals surface area contributed by atoms with E-state index in [1.807, 2.05) is 0 Å². The predicted octanol–water partition coefficient (Wildman–Crippen LogP) is 0.836. The molecule has 0 amide bonds. The number of methoxy groups -OCH3 is 1. The summed E-state index contributed by atoms with van der Waals surface area (Å²) >= 11 is 0. The van der Waals surface area contributed by atoms with E-state index < -0.39 is 17.7 Å². The van der Waals surface area contributed by atoms with Gasteiger partial charge in [0.1, 0.15) is 17.4 Å². The van der Waals surface area contributed by atoms with Crippen molar-refractivity contribution in [2.75, 3.05) is 13.7 Å². The summed E-state index contributed by atoms with van der Waals surface area (Å²) in [4.78, 5) is 0. The Kier molecular flexibility index (Phi) is 3.99. The van der Waals surface area contributed by atoms with Gasteiger partial charge in [-0.1, -0.05) is 0 Å². The zero-order valence-electron chi connectivity index (χ0n) is 8.34. The number of halogens is 2. The highest BCUT2D eigenvalue weighted by Gasteiger charge is 2.14. The van der Waals surface area contributed by atoms with Crippen LogP contribution in [0.2, 0.25) is 0 Å². The number of ether oxygens (including phenoxy) is 1. The zero-order valence-corrected chi connectivity index (χ0v) is 8.34. The largest absolute Gasteiger partial charge is 0.497 e. The van der Waals surface area contributed by atoms with Crippen molar-refractivity contribution in [1.82, 2.24) is 0 Å². The lowest BCUT2D eigenvalue weighted by atomic mass is 10.1. The molecule has 0 saturated heterocycles. The molecule has 1 rings (SSSR count). The Morgan fingerprint density at radius 1 is 1.40 bits per heavy atom. The summed E-state index contributed by atoms with van der Waals surface area (Å²) < 4.78 is 31.3. The van der Waals surface area contributed by atoms with Crippen LogP contribution >= 0.6 is 0 Å². The summed E-state index contributed by atoms with van der Waals surface area (Å²) in [6, 6.07) is 2.14. The van der Waals surface area contributed by atoms with Crippen molar-refractivity contribution >= 4 is 0 Å². The molecule has 0 spiro atoms. The first-order valence-corrected chi connectivity index (χ1v) is 4.48. The fraction of sp³-hybridized carbons (Fsp3) is 0.400. The van der Waals surface area contributed by atoms with Gasteiger partial charge in [-0.2, -0.15) is 0 Å². The van der Waals surface area contributed by atoms with Gasteiger partial charge in [0.05, 0.1) is 13.2 Å². The number of hydrogen-bond acceptors (Lipinski definition) is 3. The number of aliphatic hydroxyl groups is 1. The second-order valence-electron chi connectivity index (χ2n) is 3.16. The molecule has 1 atom stereocenters. The Hall–Kier alpha value is -1.20. The third-order valence-electron chi connectivity index (χ3n) is 2.06. The van der Waals surface area contributed by atoms with Gasteiger partial charge in [0.2, 0.25) is 0 Å². The van der Waals surface area contributed by atoms with Gasteiger partial charge in [-0.15, -0.1) is 0 Å². The van der Waals surface area contributed by atoms with Crippen molar-refractivity contribution < 1.29 is 18.6 Å². The van der Waals surface area contributed by atoms with Crippen molar-refractivity contribution in [3.63, 3.8) is 0 Å². The van der Waals surface area contributed by atoms with Gasteiger partial charge in [-0.3, -0.25) is 0 Å². The quantitative estimate of drug-likeness (QED) is 0.785. The molecule has 5 heteroatoms. The van der Waals surface area contributed by atoms with E-state index in [2.05, 4.69) is 0 Å². The highest BCUT2D eigenvalue weighted by Crippen LogP contribution is 2.21. The molecule has 0 radical (unpaired) electrons. The SMILES string of the molecule is COc1cc(F)c(CC(O)CN)c(F)c1. The molecule has 0 saturated carbocycles. The van der Waals surface area contributed by atoms with E-state index in [4.69, 9.17) is 10.5 Å². The third kappa shape index (κ3) is 2.87. The van der Waals surface area contributed by atoms with E-state index in [1.165, 1.54) is 7.11 Å². The van der Waals surface area contributed by atoms with Crippen LogP contribution in [-0.2, 0) is 6.42 Å². The Balaban J connectivity index is 2.98. The Morgan fingerprint density at radius 2 is 1.93 bits per heavy atom. The van der Waals surface area contributed by atoms with Gasteiger partial charge in [0.15, 0.2) is 0 Å². The summed E-state index contributed by atoms with van der Waals surface area (Å²) in [7, 11) is 1.32. The monoisotopic (exact) mass is 217 g/mol. The minimum atomic E-state index is -0.942. The smallest absolute Gasteiger partial charge is 0.133 e. The van der Waals surface area contributed by atoms with E-state index >= 15 is 0 Å². The minimum Gasteiger partial charge on any atom is -0.497 e. The maximum atomic E-state index is 13.3. The van der Waals surface area contributed by atoms with Crippen LogP contribution in [0.3, 0.4) is 0 Å². The lowest BCUT2D eigenvalue weighted by Gasteiger charge is -2.10. The minimum absolute atomic E-state index is 0.0368. The van der Waals surface area contributed by atoms with Gasteiger partial charge in [0.25, 0.3) is 0 Å². The first kappa shape index (κ1) is 11.9. The molecular weight excluding hydrogens is 204 g/mol. The number of benzene rings is 1. The van der Waals surface area contributed by atoms with Gasteiger partial charge in [-0.25, -0.2) is 8.78 Å². The molecule has 0 aliphatic heterocycles. The lowest BCUT2D eigenvalue weighted by molar-refractivity contribution is 0.180. The second-order valence-corrected chi connectivity index (χ2v) is 3.16. The molecule has 1 aromatic carbocycles. The highest BCUT2D eigenvalue weighted by atomic mass is 19.1. The first-order chi connectivity index (χ1) is 7.08. The molecule has 1 aromatic rings. The number of rotatable bonds is 4. The van der Waals surface area contributed by atoms with E-state index in [-0.39, 0.29) is 24.3 Å². The fourth-order valence-corrected chi connectivity index (χ4v) is 1.21. The van der Waals surface area contributed by atoms with Crippen molar-refractivity contribution in [3.8, 4) is 5.75 Å². The number of hydrogen-bond donors (Lipinski definition) is 2. The molecule has 3 nitrogen and oxygen atoms in total. The van der Waals surface area contributed by atoms with E-state index in [0.29, 0.717) is 0 Å². The molecule has 0 bridgehead atoms. The van der Waals surface area contributed by atoms with Crippen molar-refractivity contribution in [2.45, 2.75) is 12.5 Å². The normalized spacial score (nSPS) is 12.6. The maximum absolute atomic E-state index is 13.3. The maximum Gasteiger partial charge on any atom is 0.133 e. The van der Waals surface area contributed by atoms with E-state index in [9.17, 15) is 13.9 Å². The van der Waals surface area contributed by atoms with Crippen LogP contribution in [-0.4, -0.2) is 24.9 Å². The molecule has 0 aliphatic rings. The Morgan fingerprint density at radius 3 is 2.33 bits per heavy atom. The van der Waals surface area contributed by atoms with Crippen LogP contribution in [0.25, 0.3) is 0 Å². The summed E-state index contributed by atoms with van der Waals surface area (Å²) in [5.74, 6) is -1.37. The first-order valence-electron chi connectivity index (χ1n) is 4.48. The molecule has 0 aromatic heterocycles. The highest BCUT2D eigenvalue weighted by molar-refractivity contribution is 5.30. The molecule has 3 N–H and O–H groups in total. The molecule has 15 heavy (non-hydrogen) atoms. The predicted molar refractivity (Wildman–Crippen MR) is 51.7 cm³/mol. The van der Waals surface area contributed by atoms with Gasteiger partial charge >= 0.3 is 0 Å². The van der Waals surface area contributed by atoms with Crippen LogP contribution in [0, 0.1) is 11.6 Å². The second kappa shape index (κ2) is 5.04. The lowest BCUT2D eigenvalue weighted by Crippen LogP contribution is -2.23. The topological polar surface area (TPSA) is 55.5 Å². The van der Waals surface area contributed by atoms with E-state index in [1.54, 1.807) is 0 Å². The molecule has 84 valence electrons. The molecule has 1 unspecified atom stereocenters. The molecular formula is C10H13F2NO2. The Labute approximate surface area is 86.5 Å². The van der Waals surface area contributed by atoms with Crippen molar-refractivity contribution in [3.05, 3.63) is 29.3 Å². The summed E-state index contributed by atoms with van der Waals surface area (Å²) in [6.07, 6.45) is -1.08. The summed E-state index contributed by atoms with van der Waals surface area (Å²) in [5, 5.41) is 9.20. The number of aliphatic hydroxyl groups excluding tert-OH is 1. The van der Waals surface area contributed by atoms with Crippen LogP contribution in [0.5, 0.6) is 5.75 Å². The summed E-state index contributed by atoms with van der Waals surface area (Å²) in [5.41, 5.74) is 4.98. The standard InChI is InChI=1S/C10H13F2NO2/c1-15-7-3-9(11)8(10(12)4-7)2-6(14)5-13/h3-4,6,14H,2,5,13H2,1H3. The van der Waals surface area contributed by atoms with Crippen molar-refractivity contribution in [1.29, 1.82) is 0 Å².